The molecule has 0 spiro atoms. The lowest BCUT2D eigenvalue weighted by atomic mass is 10.1. The fraction of sp³-hybridized carbons (Fsp3) is 0.357. The maximum atomic E-state index is 11.2. The van der Waals surface area contributed by atoms with E-state index in [2.05, 4.69) is 6.07 Å². The number of rotatable bonds is 4. The van der Waals surface area contributed by atoms with Gasteiger partial charge < -0.3 is 9.15 Å². The molecule has 0 saturated heterocycles. The van der Waals surface area contributed by atoms with Gasteiger partial charge in [-0.1, -0.05) is 11.6 Å². The number of esters is 1. The molecule has 0 atom stereocenters. The Kier molecular flexibility index (Phi) is 3.47. The molecule has 0 aliphatic carbocycles. The highest BCUT2D eigenvalue weighted by Crippen LogP contribution is 2.21. The minimum atomic E-state index is -0.177. The standard InChI is InChI=1S/C14H16O3/c1-3-16-14(15)7-5-12-9-11-8-10(2)4-6-13(11)17-12/h4,6,8-9H,3,5,7H2,1-2H3. The average Bonchev–Trinajstić information content (AvgIpc) is 2.68. The molecule has 0 N–H and O–H groups in total. The lowest BCUT2D eigenvalue weighted by Crippen LogP contribution is -2.04. The van der Waals surface area contributed by atoms with Crippen LogP contribution in [-0.2, 0) is 16.0 Å². The van der Waals surface area contributed by atoms with Crippen LogP contribution in [0.5, 0.6) is 0 Å². The largest absolute Gasteiger partial charge is 0.466 e. The Hall–Kier alpha value is -1.77. The predicted octanol–water partition coefficient (Wildman–Crippen LogP) is 3.24. The molecule has 0 amide bonds. The molecule has 0 saturated carbocycles. The number of ether oxygens (including phenoxy) is 1. The number of fused-ring (bicyclic) bond motifs is 1. The van der Waals surface area contributed by atoms with Crippen molar-refractivity contribution in [2.45, 2.75) is 26.7 Å². The fourth-order valence-corrected chi connectivity index (χ4v) is 1.80. The van der Waals surface area contributed by atoms with E-state index in [0.29, 0.717) is 19.4 Å². The van der Waals surface area contributed by atoms with Gasteiger partial charge in [0.2, 0.25) is 0 Å². The van der Waals surface area contributed by atoms with Gasteiger partial charge in [0, 0.05) is 11.8 Å². The molecule has 1 aromatic heterocycles. The van der Waals surface area contributed by atoms with Gasteiger partial charge in [-0.05, 0) is 32.0 Å². The van der Waals surface area contributed by atoms with Crippen LogP contribution in [0.1, 0.15) is 24.7 Å². The second-order valence-electron chi connectivity index (χ2n) is 4.06. The van der Waals surface area contributed by atoms with Crippen molar-refractivity contribution in [1.82, 2.24) is 0 Å². The van der Waals surface area contributed by atoms with E-state index in [9.17, 15) is 4.79 Å². The zero-order valence-electron chi connectivity index (χ0n) is 10.2. The summed E-state index contributed by atoms with van der Waals surface area (Å²) in [6.07, 6.45) is 0.958. The van der Waals surface area contributed by atoms with Crippen LogP contribution in [0.2, 0.25) is 0 Å². The number of hydrogen-bond donors (Lipinski definition) is 0. The first-order valence-corrected chi connectivity index (χ1v) is 5.83. The van der Waals surface area contributed by atoms with Crippen molar-refractivity contribution in [2.75, 3.05) is 6.61 Å². The van der Waals surface area contributed by atoms with Crippen LogP contribution in [0.25, 0.3) is 11.0 Å². The van der Waals surface area contributed by atoms with Crippen LogP contribution in [0.3, 0.4) is 0 Å². The number of aryl methyl sites for hydroxylation is 2. The maximum absolute atomic E-state index is 11.2. The Morgan fingerprint density at radius 2 is 2.18 bits per heavy atom. The first kappa shape index (κ1) is 11.7. The van der Waals surface area contributed by atoms with E-state index in [-0.39, 0.29) is 5.97 Å². The molecule has 3 nitrogen and oxygen atoms in total. The van der Waals surface area contributed by atoms with Crippen molar-refractivity contribution in [3.63, 3.8) is 0 Å². The number of hydrogen-bond acceptors (Lipinski definition) is 3. The predicted molar refractivity (Wildman–Crippen MR) is 65.9 cm³/mol. The molecule has 2 rings (SSSR count). The normalized spacial score (nSPS) is 10.7. The van der Waals surface area contributed by atoms with Gasteiger partial charge in [-0.3, -0.25) is 4.79 Å². The summed E-state index contributed by atoms with van der Waals surface area (Å²) < 4.78 is 10.5. The average molecular weight is 232 g/mol. The van der Waals surface area contributed by atoms with Gasteiger partial charge in [-0.25, -0.2) is 0 Å². The van der Waals surface area contributed by atoms with Crippen molar-refractivity contribution in [3.8, 4) is 0 Å². The third-order valence-electron chi connectivity index (χ3n) is 2.60. The molecule has 1 heterocycles. The smallest absolute Gasteiger partial charge is 0.306 e. The lowest BCUT2D eigenvalue weighted by Gasteiger charge is -1.98. The lowest BCUT2D eigenvalue weighted by molar-refractivity contribution is -0.143. The summed E-state index contributed by atoms with van der Waals surface area (Å²) in [4.78, 5) is 11.2. The van der Waals surface area contributed by atoms with Gasteiger partial charge in [0.25, 0.3) is 0 Å². The second kappa shape index (κ2) is 5.04. The molecule has 1 aromatic carbocycles. The van der Waals surface area contributed by atoms with Crippen molar-refractivity contribution >= 4 is 16.9 Å². The molecule has 0 aliphatic heterocycles. The minimum Gasteiger partial charge on any atom is -0.466 e. The van der Waals surface area contributed by atoms with Gasteiger partial charge in [-0.2, -0.15) is 0 Å². The highest BCUT2D eigenvalue weighted by Gasteiger charge is 2.07. The third kappa shape index (κ3) is 2.87. The molecule has 17 heavy (non-hydrogen) atoms. The van der Waals surface area contributed by atoms with E-state index >= 15 is 0 Å². The maximum Gasteiger partial charge on any atom is 0.306 e. The second-order valence-corrected chi connectivity index (χ2v) is 4.06. The fourth-order valence-electron chi connectivity index (χ4n) is 1.80. The Balaban J connectivity index is 2.07. The summed E-state index contributed by atoms with van der Waals surface area (Å²) in [5, 5.41) is 1.09. The number of carbonyl (C=O) groups excluding carboxylic acids is 1. The van der Waals surface area contributed by atoms with Crippen LogP contribution in [0.4, 0.5) is 0 Å². The molecule has 0 radical (unpaired) electrons. The number of benzene rings is 1. The van der Waals surface area contributed by atoms with Gasteiger partial charge in [0.1, 0.15) is 11.3 Å². The molecular formula is C14H16O3. The molecule has 0 bridgehead atoms. The molecule has 0 unspecified atom stereocenters. The third-order valence-corrected chi connectivity index (χ3v) is 2.60. The molecule has 0 fully saturated rings. The number of furan rings is 1. The van der Waals surface area contributed by atoms with E-state index in [1.165, 1.54) is 5.56 Å². The quantitative estimate of drug-likeness (QED) is 0.760. The molecule has 0 aliphatic rings. The summed E-state index contributed by atoms with van der Waals surface area (Å²) in [6, 6.07) is 8.04. The molecule has 2 aromatic rings. The van der Waals surface area contributed by atoms with Gasteiger partial charge in [0.05, 0.1) is 13.0 Å². The van der Waals surface area contributed by atoms with Crippen molar-refractivity contribution < 1.29 is 13.9 Å². The molecule has 3 heteroatoms. The van der Waals surface area contributed by atoms with E-state index in [0.717, 1.165) is 16.7 Å². The van der Waals surface area contributed by atoms with Crippen molar-refractivity contribution in [3.05, 3.63) is 35.6 Å². The molecular weight excluding hydrogens is 216 g/mol. The highest BCUT2D eigenvalue weighted by atomic mass is 16.5. The first-order valence-electron chi connectivity index (χ1n) is 5.83. The zero-order chi connectivity index (χ0) is 12.3. The van der Waals surface area contributed by atoms with E-state index in [1.54, 1.807) is 0 Å². The van der Waals surface area contributed by atoms with Gasteiger partial charge in [0.15, 0.2) is 0 Å². The van der Waals surface area contributed by atoms with Crippen LogP contribution in [0.15, 0.2) is 28.7 Å². The Morgan fingerprint density at radius 1 is 1.35 bits per heavy atom. The minimum absolute atomic E-state index is 0.177. The Labute approximate surface area is 100 Å². The summed E-state index contributed by atoms with van der Waals surface area (Å²) in [5.41, 5.74) is 2.07. The summed E-state index contributed by atoms with van der Waals surface area (Å²) in [7, 11) is 0. The van der Waals surface area contributed by atoms with E-state index < -0.39 is 0 Å². The first-order chi connectivity index (χ1) is 8.19. The van der Waals surface area contributed by atoms with Crippen LogP contribution in [0, 0.1) is 6.92 Å². The molecule has 90 valence electrons. The van der Waals surface area contributed by atoms with E-state index in [4.69, 9.17) is 9.15 Å². The topological polar surface area (TPSA) is 39.4 Å². The monoisotopic (exact) mass is 232 g/mol. The summed E-state index contributed by atoms with van der Waals surface area (Å²) >= 11 is 0. The van der Waals surface area contributed by atoms with Crippen LogP contribution >= 0.6 is 0 Å². The Morgan fingerprint density at radius 3 is 2.94 bits per heavy atom. The van der Waals surface area contributed by atoms with Gasteiger partial charge >= 0.3 is 5.97 Å². The van der Waals surface area contributed by atoms with E-state index in [1.807, 2.05) is 32.0 Å². The van der Waals surface area contributed by atoms with Gasteiger partial charge in [-0.15, -0.1) is 0 Å². The van der Waals surface area contributed by atoms with Crippen LogP contribution in [-0.4, -0.2) is 12.6 Å². The highest BCUT2D eigenvalue weighted by molar-refractivity contribution is 5.79. The van der Waals surface area contributed by atoms with Crippen molar-refractivity contribution in [1.29, 1.82) is 0 Å². The van der Waals surface area contributed by atoms with Crippen molar-refractivity contribution in [2.24, 2.45) is 0 Å². The Bertz CT molecular complexity index is 525. The van der Waals surface area contributed by atoms with Crippen LogP contribution < -0.4 is 0 Å². The zero-order valence-corrected chi connectivity index (χ0v) is 10.2. The summed E-state index contributed by atoms with van der Waals surface area (Å²) in [6.45, 7) is 4.28. The SMILES string of the molecule is CCOC(=O)CCc1cc2cc(C)ccc2o1. The number of carbonyl (C=O) groups is 1. The summed E-state index contributed by atoms with van der Waals surface area (Å²) in [5.74, 6) is 0.655.